The van der Waals surface area contributed by atoms with Gasteiger partial charge in [-0.1, -0.05) is 17.2 Å². The molecule has 0 radical (unpaired) electrons. The number of benzene rings is 1. The van der Waals surface area contributed by atoms with Crippen LogP contribution in [0.5, 0.6) is 0 Å². The Kier molecular flexibility index (Phi) is 2.85. The van der Waals surface area contributed by atoms with Gasteiger partial charge >= 0.3 is 5.97 Å². The van der Waals surface area contributed by atoms with Crippen LogP contribution in [0.2, 0.25) is 0 Å². The summed E-state index contributed by atoms with van der Waals surface area (Å²) in [4.78, 5) is 22.8. The Hall–Kier alpha value is -2.60. The summed E-state index contributed by atoms with van der Waals surface area (Å²) in [5.41, 5.74) is 6.66. The summed E-state index contributed by atoms with van der Waals surface area (Å²) in [6.07, 6.45) is 0. The lowest BCUT2D eigenvalue weighted by molar-refractivity contribution is -0.385. The Labute approximate surface area is 82.5 Å². The maximum Gasteiger partial charge on any atom is 0.343 e. The molecule has 0 aliphatic carbocycles. The maximum absolute atomic E-state index is 10.7. The highest BCUT2D eigenvalue weighted by Crippen LogP contribution is 2.28. The van der Waals surface area contributed by atoms with E-state index in [0.29, 0.717) is 0 Å². The third-order valence-corrected chi connectivity index (χ3v) is 1.58. The zero-order valence-electron chi connectivity index (χ0n) is 7.19. The van der Waals surface area contributed by atoms with Gasteiger partial charge in [-0.25, -0.2) is 4.79 Å². The smallest absolute Gasteiger partial charge is 0.343 e. The normalized spacial score (nSPS) is 9.07. The largest absolute Gasteiger partial charge is 0.477 e. The lowest BCUT2D eigenvalue weighted by atomic mass is 10.1. The van der Waals surface area contributed by atoms with E-state index in [4.69, 9.17) is 10.6 Å². The van der Waals surface area contributed by atoms with Gasteiger partial charge in [-0.2, -0.15) is 0 Å². The van der Waals surface area contributed by atoms with Crippen molar-refractivity contribution in [2.45, 2.75) is 0 Å². The van der Waals surface area contributed by atoms with Crippen molar-refractivity contribution in [2.24, 2.45) is 5.11 Å². The van der Waals surface area contributed by atoms with Crippen LogP contribution in [0.25, 0.3) is 10.4 Å². The van der Waals surface area contributed by atoms with Gasteiger partial charge in [-0.3, -0.25) is 10.1 Å². The monoisotopic (exact) mass is 208 g/mol. The number of carboxylic acids is 1. The first-order valence-electron chi connectivity index (χ1n) is 3.63. The van der Waals surface area contributed by atoms with Gasteiger partial charge in [-0.15, -0.1) is 0 Å². The molecule has 0 heterocycles. The highest BCUT2D eigenvalue weighted by molar-refractivity contribution is 5.97. The van der Waals surface area contributed by atoms with Gasteiger partial charge in [-0.05, 0) is 5.53 Å². The number of nitro groups is 1. The van der Waals surface area contributed by atoms with Gasteiger partial charge in [0.15, 0.2) is 0 Å². The molecule has 0 spiro atoms. The van der Waals surface area contributed by atoms with Crippen molar-refractivity contribution in [1.29, 1.82) is 0 Å². The third-order valence-electron chi connectivity index (χ3n) is 1.58. The first-order valence-corrected chi connectivity index (χ1v) is 3.63. The molecule has 0 amide bonds. The molecule has 8 nitrogen and oxygen atoms in total. The highest BCUT2D eigenvalue weighted by atomic mass is 16.6. The van der Waals surface area contributed by atoms with Crippen molar-refractivity contribution in [1.82, 2.24) is 0 Å². The molecule has 76 valence electrons. The predicted molar refractivity (Wildman–Crippen MR) is 48.9 cm³/mol. The van der Waals surface area contributed by atoms with Gasteiger partial charge < -0.3 is 5.11 Å². The number of nitrogens with zero attached hydrogens (tertiary/aromatic N) is 4. The second kappa shape index (κ2) is 4.07. The van der Waals surface area contributed by atoms with E-state index >= 15 is 0 Å². The number of hydrogen-bond acceptors (Lipinski definition) is 4. The van der Waals surface area contributed by atoms with Crippen LogP contribution in [0.3, 0.4) is 0 Å². The minimum absolute atomic E-state index is 0.279. The third kappa shape index (κ3) is 2.01. The van der Waals surface area contributed by atoms with E-state index in [1.807, 2.05) is 0 Å². The topological polar surface area (TPSA) is 129 Å². The molecule has 0 saturated carbocycles. The molecule has 0 saturated heterocycles. The minimum atomic E-state index is -1.51. The van der Waals surface area contributed by atoms with E-state index in [-0.39, 0.29) is 5.69 Å². The van der Waals surface area contributed by atoms with Gasteiger partial charge in [0.25, 0.3) is 5.69 Å². The molecule has 1 N–H and O–H groups in total. The molecule has 0 bridgehead atoms. The lowest BCUT2D eigenvalue weighted by Gasteiger charge is -2.00. The van der Waals surface area contributed by atoms with Gasteiger partial charge in [0, 0.05) is 11.0 Å². The van der Waals surface area contributed by atoms with Crippen molar-refractivity contribution in [3.63, 3.8) is 0 Å². The van der Waals surface area contributed by atoms with Crippen LogP contribution in [0.15, 0.2) is 23.3 Å². The van der Waals surface area contributed by atoms with Gasteiger partial charge in [0.2, 0.25) is 0 Å². The van der Waals surface area contributed by atoms with E-state index in [1.54, 1.807) is 0 Å². The molecule has 1 aromatic rings. The van der Waals surface area contributed by atoms with E-state index in [9.17, 15) is 14.9 Å². The Balaban J connectivity index is 3.55. The van der Waals surface area contributed by atoms with Crippen LogP contribution in [-0.4, -0.2) is 16.0 Å². The summed E-state index contributed by atoms with van der Waals surface area (Å²) in [6, 6.07) is 3.46. The van der Waals surface area contributed by atoms with Crippen LogP contribution in [0.1, 0.15) is 10.4 Å². The summed E-state index contributed by atoms with van der Waals surface area (Å²) in [5.74, 6) is -1.51. The number of carboxylic acid groups (broad SMARTS) is 1. The summed E-state index contributed by atoms with van der Waals surface area (Å²) in [7, 11) is 0. The zero-order chi connectivity index (χ0) is 11.4. The Bertz CT molecular complexity index is 458. The van der Waals surface area contributed by atoms with Crippen molar-refractivity contribution in [3.8, 4) is 0 Å². The van der Waals surface area contributed by atoms with E-state index in [1.165, 1.54) is 12.1 Å². The van der Waals surface area contributed by atoms with Crippen LogP contribution in [-0.2, 0) is 0 Å². The molecule has 1 rings (SSSR count). The number of hydrogen-bond donors (Lipinski definition) is 1. The summed E-state index contributed by atoms with van der Waals surface area (Å²) in [6.45, 7) is 0. The van der Waals surface area contributed by atoms with Crippen LogP contribution < -0.4 is 0 Å². The molecular formula is C7H4N4O4. The van der Waals surface area contributed by atoms with Crippen molar-refractivity contribution in [3.05, 3.63) is 44.3 Å². The fourth-order valence-corrected chi connectivity index (χ4v) is 1.03. The van der Waals surface area contributed by atoms with Gasteiger partial charge in [0.05, 0.1) is 10.6 Å². The van der Waals surface area contributed by atoms with Crippen molar-refractivity contribution < 1.29 is 14.8 Å². The lowest BCUT2D eigenvalue weighted by Crippen LogP contribution is -2.02. The molecule has 15 heavy (non-hydrogen) atoms. The second-order valence-corrected chi connectivity index (χ2v) is 2.42. The number of carbonyl (C=O) groups is 1. The Morgan fingerprint density at radius 3 is 2.73 bits per heavy atom. The maximum atomic E-state index is 10.7. The molecule has 8 heteroatoms. The molecule has 0 aromatic heterocycles. The zero-order valence-corrected chi connectivity index (χ0v) is 7.19. The molecule has 0 aliphatic heterocycles. The van der Waals surface area contributed by atoms with E-state index in [0.717, 1.165) is 6.07 Å². The first-order chi connectivity index (χ1) is 7.07. The minimum Gasteiger partial charge on any atom is -0.477 e. The Morgan fingerprint density at radius 2 is 2.27 bits per heavy atom. The fraction of sp³-hybridized carbons (Fsp3) is 0. The van der Waals surface area contributed by atoms with E-state index < -0.39 is 22.1 Å². The number of nitro benzene ring substituents is 1. The summed E-state index contributed by atoms with van der Waals surface area (Å²) in [5, 5.41) is 22.3. The number of aromatic carboxylic acids is 1. The van der Waals surface area contributed by atoms with Crippen molar-refractivity contribution >= 4 is 17.3 Å². The molecule has 0 aliphatic rings. The first kappa shape index (κ1) is 10.5. The summed E-state index contributed by atoms with van der Waals surface area (Å²) < 4.78 is 0. The SMILES string of the molecule is [N-]=[N+]=Nc1cccc([N+](=O)[O-])c1C(=O)O. The van der Waals surface area contributed by atoms with Crippen LogP contribution in [0, 0.1) is 10.1 Å². The van der Waals surface area contributed by atoms with Crippen LogP contribution >= 0.6 is 0 Å². The van der Waals surface area contributed by atoms with Crippen LogP contribution in [0.4, 0.5) is 11.4 Å². The van der Waals surface area contributed by atoms with Gasteiger partial charge in [0.1, 0.15) is 5.56 Å². The second-order valence-electron chi connectivity index (χ2n) is 2.42. The number of rotatable bonds is 3. The Morgan fingerprint density at radius 1 is 1.60 bits per heavy atom. The summed E-state index contributed by atoms with van der Waals surface area (Å²) >= 11 is 0. The fourth-order valence-electron chi connectivity index (χ4n) is 1.03. The standard InChI is InChI=1S/C7H4N4O4/c8-10-9-4-2-1-3-5(11(14)15)6(4)7(12)13/h1-3H,(H,12,13). The highest BCUT2D eigenvalue weighted by Gasteiger charge is 2.22. The van der Waals surface area contributed by atoms with Crippen molar-refractivity contribution in [2.75, 3.05) is 0 Å². The van der Waals surface area contributed by atoms with E-state index in [2.05, 4.69) is 10.0 Å². The molecule has 0 fully saturated rings. The quantitative estimate of drug-likeness (QED) is 0.268. The molecule has 0 unspecified atom stereocenters. The predicted octanol–water partition coefficient (Wildman–Crippen LogP) is 2.23. The molecular weight excluding hydrogens is 204 g/mol. The average molecular weight is 208 g/mol. The molecule has 1 aromatic carbocycles. The molecule has 0 atom stereocenters. The average Bonchev–Trinajstić information content (AvgIpc) is 2.17. The number of azide groups is 1.